The first-order chi connectivity index (χ1) is 10.1. The van der Waals surface area contributed by atoms with Gasteiger partial charge < -0.3 is 4.42 Å². The molecule has 0 aliphatic carbocycles. The number of oxazole rings is 1. The molecule has 0 bridgehead atoms. The largest absolute Gasteiger partial charge is 0.423 e. The predicted octanol–water partition coefficient (Wildman–Crippen LogP) is 3.93. The number of fused-ring (bicyclic) bond motifs is 1. The van der Waals surface area contributed by atoms with Crippen LogP contribution in [0, 0.1) is 0 Å². The van der Waals surface area contributed by atoms with Gasteiger partial charge in [-0.3, -0.25) is 0 Å². The minimum absolute atomic E-state index is 0.0437. The van der Waals surface area contributed by atoms with Crippen LogP contribution in [-0.2, 0) is 10.0 Å². The maximum Gasteiger partial charge on any atom is 0.309 e. The van der Waals surface area contributed by atoms with Crippen molar-refractivity contribution in [1.82, 2.24) is 4.98 Å². The summed E-state index contributed by atoms with van der Waals surface area (Å²) < 4.78 is 31.7. The van der Waals surface area contributed by atoms with E-state index in [4.69, 9.17) is 4.42 Å². The van der Waals surface area contributed by atoms with Crippen molar-refractivity contribution in [2.45, 2.75) is 45.4 Å². The van der Waals surface area contributed by atoms with E-state index in [0.717, 1.165) is 12.8 Å². The monoisotopic (exact) mass is 310 g/mol. The van der Waals surface area contributed by atoms with Crippen molar-refractivity contribution in [3.63, 3.8) is 0 Å². The molecule has 0 aliphatic rings. The average Bonchev–Trinajstić information content (AvgIpc) is 2.83. The van der Waals surface area contributed by atoms with E-state index in [9.17, 15) is 8.42 Å². The van der Waals surface area contributed by atoms with Crippen LogP contribution in [0.15, 0.2) is 28.7 Å². The summed E-state index contributed by atoms with van der Waals surface area (Å²) in [6.07, 6.45) is 6.28. The number of sulfonamides is 1. The highest BCUT2D eigenvalue weighted by Gasteiger charge is 2.14. The number of nitrogens with one attached hydrogen (secondary N) is 1. The number of para-hydroxylation sites is 2. The zero-order valence-corrected chi connectivity index (χ0v) is 13.2. The second kappa shape index (κ2) is 7.45. The summed E-state index contributed by atoms with van der Waals surface area (Å²) >= 11 is 0. The molecule has 1 aromatic carbocycles. The molecule has 1 heterocycles. The van der Waals surface area contributed by atoms with Crippen molar-refractivity contribution in [2.75, 3.05) is 10.5 Å². The molecule has 0 amide bonds. The van der Waals surface area contributed by atoms with Crippen molar-refractivity contribution < 1.29 is 12.8 Å². The molecule has 6 heteroatoms. The summed E-state index contributed by atoms with van der Waals surface area (Å²) in [5.41, 5.74) is 1.23. The minimum atomic E-state index is -3.38. The fraction of sp³-hybridized carbons (Fsp3) is 0.533. The summed E-state index contributed by atoms with van der Waals surface area (Å²) in [6.45, 7) is 2.16. The Morgan fingerprint density at radius 2 is 1.81 bits per heavy atom. The van der Waals surface area contributed by atoms with E-state index in [1.54, 1.807) is 12.1 Å². The topological polar surface area (TPSA) is 72.2 Å². The highest BCUT2D eigenvalue weighted by molar-refractivity contribution is 7.92. The van der Waals surface area contributed by atoms with E-state index >= 15 is 0 Å². The molecule has 2 rings (SSSR count). The van der Waals surface area contributed by atoms with Gasteiger partial charge in [0.25, 0.3) is 0 Å². The number of unbranched alkanes of at least 4 members (excludes halogenated alkanes) is 5. The summed E-state index contributed by atoms with van der Waals surface area (Å²) in [5, 5.41) is 0. The molecule has 0 spiro atoms. The zero-order chi connectivity index (χ0) is 15.1. The van der Waals surface area contributed by atoms with Crippen LogP contribution in [-0.4, -0.2) is 19.2 Å². The van der Waals surface area contributed by atoms with Crippen molar-refractivity contribution in [2.24, 2.45) is 0 Å². The van der Waals surface area contributed by atoms with Gasteiger partial charge in [0.05, 0.1) is 5.75 Å². The zero-order valence-electron chi connectivity index (χ0n) is 12.3. The van der Waals surface area contributed by atoms with Crippen LogP contribution in [0.3, 0.4) is 0 Å². The molecule has 0 aliphatic heterocycles. The highest BCUT2D eigenvalue weighted by Crippen LogP contribution is 2.19. The lowest BCUT2D eigenvalue weighted by Crippen LogP contribution is -2.16. The second-order valence-corrected chi connectivity index (χ2v) is 7.02. The first-order valence-corrected chi connectivity index (χ1v) is 9.12. The molecule has 0 atom stereocenters. The van der Waals surface area contributed by atoms with Gasteiger partial charge in [0, 0.05) is 0 Å². The van der Waals surface area contributed by atoms with Gasteiger partial charge in [0.15, 0.2) is 5.58 Å². The van der Waals surface area contributed by atoms with Crippen molar-refractivity contribution >= 4 is 27.1 Å². The number of aromatic nitrogens is 1. The molecule has 1 aromatic heterocycles. The lowest BCUT2D eigenvalue weighted by atomic mass is 10.1. The number of anilines is 1. The van der Waals surface area contributed by atoms with Gasteiger partial charge in [-0.2, -0.15) is 4.98 Å². The molecule has 0 radical (unpaired) electrons. The molecule has 1 N–H and O–H groups in total. The standard InChI is InChI=1S/C15H22N2O3S/c1-2-3-4-5-6-9-12-21(18,19)17-15-16-13-10-7-8-11-14(13)20-15/h7-8,10-11H,2-6,9,12H2,1H3,(H,16,17). The smallest absolute Gasteiger partial charge is 0.309 e. The Hall–Kier alpha value is -1.56. The van der Waals surface area contributed by atoms with E-state index in [0.29, 0.717) is 17.5 Å². The lowest BCUT2D eigenvalue weighted by molar-refractivity contribution is 0.581. The van der Waals surface area contributed by atoms with Crippen LogP contribution in [0.25, 0.3) is 11.1 Å². The first-order valence-electron chi connectivity index (χ1n) is 7.47. The third-order valence-corrected chi connectivity index (χ3v) is 4.62. The molecular weight excluding hydrogens is 288 g/mol. The maximum absolute atomic E-state index is 12.0. The van der Waals surface area contributed by atoms with E-state index in [1.807, 2.05) is 12.1 Å². The molecular formula is C15H22N2O3S. The molecule has 0 saturated heterocycles. The molecule has 21 heavy (non-hydrogen) atoms. The van der Waals surface area contributed by atoms with Crippen LogP contribution in [0.1, 0.15) is 45.4 Å². The number of hydrogen-bond acceptors (Lipinski definition) is 4. The molecule has 116 valence electrons. The Balaban J connectivity index is 1.83. The van der Waals surface area contributed by atoms with Gasteiger partial charge in [-0.1, -0.05) is 51.2 Å². The molecule has 2 aromatic rings. The Bertz CT molecular complexity index is 631. The van der Waals surface area contributed by atoms with Gasteiger partial charge >= 0.3 is 6.01 Å². The second-order valence-electron chi connectivity index (χ2n) is 5.18. The summed E-state index contributed by atoms with van der Waals surface area (Å²) in [4.78, 5) is 4.11. The normalized spacial score (nSPS) is 11.9. The van der Waals surface area contributed by atoms with Crippen molar-refractivity contribution in [3.05, 3.63) is 24.3 Å². The molecule has 5 nitrogen and oxygen atoms in total. The quantitative estimate of drug-likeness (QED) is 0.712. The van der Waals surface area contributed by atoms with Crippen molar-refractivity contribution in [1.29, 1.82) is 0 Å². The van der Waals surface area contributed by atoms with Crippen LogP contribution in [0.5, 0.6) is 0 Å². The molecule has 0 saturated carbocycles. The number of rotatable bonds is 9. The van der Waals surface area contributed by atoms with Gasteiger partial charge in [0.2, 0.25) is 10.0 Å². The fourth-order valence-corrected chi connectivity index (χ4v) is 3.21. The summed E-state index contributed by atoms with van der Waals surface area (Å²) in [7, 11) is -3.38. The lowest BCUT2D eigenvalue weighted by Gasteiger charge is -2.04. The Kier molecular flexibility index (Phi) is 5.61. The third-order valence-electron chi connectivity index (χ3n) is 3.30. The SMILES string of the molecule is CCCCCCCCS(=O)(=O)Nc1nc2ccccc2o1. The number of hydrogen-bond donors (Lipinski definition) is 1. The third kappa shape index (κ3) is 5.04. The Morgan fingerprint density at radius 1 is 1.10 bits per heavy atom. The van der Waals surface area contributed by atoms with Gasteiger partial charge in [-0.05, 0) is 18.6 Å². The minimum Gasteiger partial charge on any atom is -0.423 e. The summed E-state index contributed by atoms with van der Waals surface area (Å²) in [5.74, 6) is 0.109. The Morgan fingerprint density at radius 3 is 2.57 bits per heavy atom. The van der Waals surface area contributed by atoms with E-state index in [2.05, 4.69) is 16.6 Å². The predicted molar refractivity (Wildman–Crippen MR) is 84.8 cm³/mol. The average molecular weight is 310 g/mol. The molecule has 0 unspecified atom stereocenters. The first kappa shape index (κ1) is 15.8. The number of benzene rings is 1. The van der Waals surface area contributed by atoms with Crippen LogP contribution in [0.4, 0.5) is 6.01 Å². The van der Waals surface area contributed by atoms with E-state index < -0.39 is 10.0 Å². The van der Waals surface area contributed by atoms with Crippen LogP contribution in [0.2, 0.25) is 0 Å². The van der Waals surface area contributed by atoms with Crippen LogP contribution < -0.4 is 4.72 Å². The van der Waals surface area contributed by atoms with Gasteiger partial charge in [-0.25, -0.2) is 13.1 Å². The van der Waals surface area contributed by atoms with E-state index in [1.165, 1.54) is 19.3 Å². The van der Waals surface area contributed by atoms with Crippen LogP contribution >= 0.6 is 0 Å². The Labute approximate surface area is 125 Å². The van der Waals surface area contributed by atoms with Crippen molar-refractivity contribution in [3.8, 4) is 0 Å². The fourth-order valence-electron chi connectivity index (χ4n) is 2.17. The van der Waals surface area contributed by atoms with Gasteiger partial charge in [0.1, 0.15) is 5.52 Å². The maximum atomic E-state index is 12.0. The molecule has 0 fully saturated rings. The highest BCUT2D eigenvalue weighted by atomic mass is 32.2. The summed E-state index contributed by atoms with van der Waals surface area (Å²) in [6, 6.07) is 7.24. The van der Waals surface area contributed by atoms with E-state index in [-0.39, 0.29) is 11.8 Å². The number of nitrogens with zero attached hydrogens (tertiary/aromatic N) is 1. The van der Waals surface area contributed by atoms with Gasteiger partial charge in [-0.15, -0.1) is 0 Å².